The van der Waals surface area contributed by atoms with E-state index >= 15 is 0 Å². The van der Waals surface area contributed by atoms with E-state index in [4.69, 9.17) is 5.73 Å². The number of benzene rings is 2. The molecular weight excluding hydrogens is 226 g/mol. The average molecular weight is 239 g/mol. The summed E-state index contributed by atoms with van der Waals surface area (Å²) in [6.07, 6.45) is 1.94. The highest BCUT2D eigenvalue weighted by Gasteiger charge is 2.05. The number of hydrogen-bond acceptors (Lipinski definition) is 2. The van der Waals surface area contributed by atoms with Gasteiger partial charge in [-0.15, -0.1) is 11.3 Å². The third-order valence-corrected chi connectivity index (χ3v) is 4.17. The first-order valence-corrected chi connectivity index (χ1v) is 6.44. The zero-order valence-electron chi connectivity index (χ0n) is 9.60. The lowest BCUT2D eigenvalue weighted by Crippen LogP contribution is -1.94. The van der Waals surface area contributed by atoms with Crippen molar-refractivity contribution in [2.24, 2.45) is 5.73 Å². The first-order chi connectivity index (χ1) is 8.29. The summed E-state index contributed by atoms with van der Waals surface area (Å²) in [6.45, 7) is 1.96. The molecule has 1 aromatic heterocycles. The number of rotatable bonds is 1. The van der Waals surface area contributed by atoms with E-state index in [0.717, 1.165) is 11.3 Å². The van der Waals surface area contributed by atoms with E-state index in [2.05, 4.69) is 42.5 Å². The van der Waals surface area contributed by atoms with Gasteiger partial charge in [0.1, 0.15) is 0 Å². The van der Waals surface area contributed by atoms with Gasteiger partial charge in [-0.3, -0.25) is 0 Å². The lowest BCUT2D eigenvalue weighted by atomic mass is 10.1. The maximum atomic E-state index is 5.96. The Bertz CT molecular complexity index is 722. The van der Waals surface area contributed by atoms with E-state index in [1.54, 1.807) is 0 Å². The molecule has 0 aliphatic carbocycles. The molecular formula is C15H13NS. The molecule has 2 heteroatoms. The van der Waals surface area contributed by atoms with Crippen LogP contribution in [0.25, 0.3) is 25.9 Å². The van der Waals surface area contributed by atoms with Crippen molar-refractivity contribution < 1.29 is 0 Å². The smallest absolute Gasteiger partial charge is 0.0355 e. The maximum Gasteiger partial charge on any atom is 0.0355 e. The molecule has 1 nitrogen and oxygen atoms in total. The molecule has 0 atom stereocenters. The summed E-state index contributed by atoms with van der Waals surface area (Å²) in [7, 11) is 0. The van der Waals surface area contributed by atoms with Crippen LogP contribution in [0.5, 0.6) is 0 Å². The van der Waals surface area contributed by atoms with Crippen molar-refractivity contribution in [2.45, 2.75) is 6.92 Å². The summed E-state index contributed by atoms with van der Waals surface area (Å²) in [5, 5.41) is 2.62. The summed E-state index contributed by atoms with van der Waals surface area (Å²) in [4.78, 5) is 0. The molecule has 0 saturated heterocycles. The molecule has 17 heavy (non-hydrogen) atoms. The third kappa shape index (κ3) is 1.61. The second-order valence-corrected chi connectivity index (χ2v) is 5.14. The van der Waals surface area contributed by atoms with Crippen LogP contribution in [-0.2, 0) is 0 Å². The van der Waals surface area contributed by atoms with Crippen molar-refractivity contribution >= 4 is 37.2 Å². The van der Waals surface area contributed by atoms with Crippen LogP contribution in [0.15, 0.2) is 48.5 Å². The lowest BCUT2D eigenvalue weighted by Gasteiger charge is -2.01. The normalized spacial score (nSPS) is 12.4. The van der Waals surface area contributed by atoms with Gasteiger partial charge in [0.15, 0.2) is 0 Å². The van der Waals surface area contributed by atoms with Crippen LogP contribution in [0.3, 0.4) is 0 Å². The minimum atomic E-state index is 0.835. The third-order valence-electron chi connectivity index (χ3n) is 3.02. The molecule has 0 amide bonds. The summed E-state index contributed by atoms with van der Waals surface area (Å²) in [5.41, 5.74) is 7.90. The zero-order valence-corrected chi connectivity index (χ0v) is 10.4. The van der Waals surface area contributed by atoms with Crippen LogP contribution >= 0.6 is 11.3 Å². The molecule has 0 fully saturated rings. The molecule has 0 radical (unpaired) electrons. The van der Waals surface area contributed by atoms with E-state index in [0.29, 0.717) is 0 Å². The molecule has 0 aliphatic rings. The monoisotopic (exact) mass is 239 g/mol. The van der Waals surface area contributed by atoms with Crippen LogP contribution in [0.1, 0.15) is 12.5 Å². The van der Waals surface area contributed by atoms with Gasteiger partial charge < -0.3 is 5.73 Å². The Morgan fingerprint density at radius 1 is 1.06 bits per heavy atom. The number of hydrogen-bond donors (Lipinski definition) is 1. The molecule has 0 bridgehead atoms. The van der Waals surface area contributed by atoms with Crippen LogP contribution in [0, 0.1) is 0 Å². The molecule has 1 heterocycles. The highest BCUT2D eigenvalue weighted by Crippen LogP contribution is 2.34. The predicted octanol–water partition coefficient (Wildman–Crippen LogP) is 4.37. The fourth-order valence-electron chi connectivity index (χ4n) is 2.07. The number of thiophene rings is 1. The SMILES string of the molecule is C/C=C(\N)c1ccc2sc3ccccc3c2c1. The Morgan fingerprint density at radius 3 is 2.65 bits per heavy atom. The Labute approximate surface area is 104 Å². The Morgan fingerprint density at radius 2 is 1.82 bits per heavy atom. The van der Waals surface area contributed by atoms with Crippen LogP contribution in [0.4, 0.5) is 0 Å². The highest BCUT2D eigenvalue weighted by molar-refractivity contribution is 7.25. The highest BCUT2D eigenvalue weighted by atomic mass is 32.1. The number of allylic oxidation sites excluding steroid dienone is 1. The Hall–Kier alpha value is -1.80. The van der Waals surface area contributed by atoms with Gasteiger partial charge in [-0.2, -0.15) is 0 Å². The predicted molar refractivity (Wildman–Crippen MR) is 77.2 cm³/mol. The first kappa shape index (κ1) is 10.4. The van der Waals surface area contributed by atoms with Crippen molar-refractivity contribution in [2.75, 3.05) is 0 Å². The molecule has 3 rings (SSSR count). The largest absolute Gasteiger partial charge is 0.399 e. The second kappa shape index (κ2) is 3.90. The van der Waals surface area contributed by atoms with E-state index < -0.39 is 0 Å². The van der Waals surface area contributed by atoms with Gasteiger partial charge in [0.2, 0.25) is 0 Å². The van der Waals surface area contributed by atoms with Crippen LogP contribution in [0.2, 0.25) is 0 Å². The van der Waals surface area contributed by atoms with Gasteiger partial charge in [0, 0.05) is 25.9 Å². The molecule has 0 aliphatic heterocycles. The first-order valence-electron chi connectivity index (χ1n) is 5.63. The zero-order chi connectivity index (χ0) is 11.8. The summed E-state index contributed by atoms with van der Waals surface area (Å²) >= 11 is 1.83. The van der Waals surface area contributed by atoms with Crippen molar-refractivity contribution in [3.63, 3.8) is 0 Å². The van der Waals surface area contributed by atoms with Gasteiger partial charge in [0.25, 0.3) is 0 Å². The molecule has 0 spiro atoms. The average Bonchev–Trinajstić information content (AvgIpc) is 2.75. The fourth-order valence-corrected chi connectivity index (χ4v) is 3.16. The quantitative estimate of drug-likeness (QED) is 0.670. The molecule has 3 aromatic rings. The van der Waals surface area contributed by atoms with Crippen molar-refractivity contribution in [3.8, 4) is 0 Å². The Balaban J connectivity index is 2.37. The van der Waals surface area contributed by atoms with Crippen LogP contribution < -0.4 is 5.73 Å². The molecule has 2 aromatic carbocycles. The Kier molecular flexibility index (Phi) is 2.37. The van der Waals surface area contributed by atoms with E-state index in [9.17, 15) is 0 Å². The topological polar surface area (TPSA) is 26.0 Å². The van der Waals surface area contributed by atoms with E-state index in [-0.39, 0.29) is 0 Å². The van der Waals surface area contributed by atoms with Gasteiger partial charge in [0.05, 0.1) is 0 Å². The maximum absolute atomic E-state index is 5.96. The number of fused-ring (bicyclic) bond motifs is 3. The summed E-state index contributed by atoms with van der Waals surface area (Å²) in [6, 6.07) is 14.9. The molecule has 0 saturated carbocycles. The lowest BCUT2D eigenvalue weighted by molar-refractivity contribution is 1.52. The van der Waals surface area contributed by atoms with Gasteiger partial charge >= 0.3 is 0 Å². The minimum Gasteiger partial charge on any atom is -0.399 e. The van der Waals surface area contributed by atoms with Crippen molar-refractivity contribution in [1.82, 2.24) is 0 Å². The standard InChI is InChI=1S/C15H13NS/c1-2-13(16)10-7-8-15-12(9-10)11-5-3-4-6-14(11)17-15/h2-9H,16H2,1H3/b13-2-. The minimum absolute atomic E-state index is 0.835. The van der Waals surface area contributed by atoms with Gasteiger partial charge in [-0.05, 0) is 30.7 Å². The molecule has 2 N–H and O–H groups in total. The van der Waals surface area contributed by atoms with E-state index in [1.807, 2.05) is 24.3 Å². The fraction of sp³-hybridized carbons (Fsp3) is 0.0667. The van der Waals surface area contributed by atoms with Crippen molar-refractivity contribution in [1.29, 1.82) is 0 Å². The summed E-state index contributed by atoms with van der Waals surface area (Å²) in [5.74, 6) is 0. The van der Waals surface area contributed by atoms with Crippen LogP contribution in [-0.4, -0.2) is 0 Å². The number of nitrogens with two attached hydrogens (primary N) is 1. The molecule has 84 valence electrons. The van der Waals surface area contributed by atoms with Gasteiger partial charge in [-0.1, -0.05) is 30.3 Å². The second-order valence-electron chi connectivity index (χ2n) is 4.05. The van der Waals surface area contributed by atoms with Crippen molar-refractivity contribution in [3.05, 3.63) is 54.1 Å². The summed E-state index contributed by atoms with van der Waals surface area (Å²) < 4.78 is 2.65. The van der Waals surface area contributed by atoms with E-state index in [1.165, 1.54) is 20.2 Å². The van der Waals surface area contributed by atoms with Gasteiger partial charge in [-0.25, -0.2) is 0 Å². The molecule has 0 unspecified atom stereocenters.